The van der Waals surface area contributed by atoms with Crippen molar-refractivity contribution in [2.45, 2.75) is 6.92 Å². The van der Waals surface area contributed by atoms with Crippen molar-refractivity contribution in [2.24, 2.45) is 0 Å². The fourth-order valence-electron chi connectivity index (χ4n) is 2.09. The van der Waals surface area contributed by atoms with Crippen LogP contribution >= 0.6 is 0 Å². The molecule has 0 aliphatic carbocycles. The van der Waals surface area contributed by atoms with Crippen molar-refractivity contribution in [3.8, 4) is 17.0 Å². The van der Waals surface area contributed by atoms with Gasteiger partial charge in [-0.25, -0.2) is 4.98 Å². The summed E-state index contributed by atoms with van der Waals surface area (Å²) in [4.78, 5) is 20.0. The van der Waals surface area contributed by atoms with E-state index in [1.807, 2.05) is 22.9 Å². The van der Waals surface area contributed by atoms with E-state index in [9.17, 15) is 4.79 Å². The number of benzene rings is 1. The van der Waals surface area contributed by atoms with Crippen LogP contribution in [-0.2, 0) is 0 Å². The highest BCUT2D eigenvalue weighted by Crippen LogP contribution is 2.30. The third-order valence-corrected chi connectivity index (χ3v) is 3.15. The third kappa shape index (κ3) is 2.03. The number of methoxy groups -OCH3 is 1. The second-order valence-corrected chi connectivity index (χ2v) is 4.44. The van der Waals surface area contributed by atoms with Gasteiger partial charge in [-0.05, 0) is 19.1 Å². The van der Waals surface area contributed by atoms with Gasteiger partial charge in [0.2, 0.25) is 0 Å². The first-order chi connectivity index (χ1) is 9.69. The molecule has 0 saturated carbocycles. The lowest BCUT2D eigenvalue weighted by Gasteiger charge is -2.07. The molecule has 1 aromatic carbocycles. The molecule has 5 heteroatoms. The Kier molecular flexibility index (Phi) is 2.95. The SMILES string of the molecule is COc1cc(C(C)=O)ccc1-c1cn2ccncc2n1. The molecule has 0 spiro atoms. The van der Waals surface area contributed by atoms with Crippen LogP contribution in [0.2, 0.25) is 0 Å². The molecule has 20 heavy (non-hydrogen) atoms. The van der Waals surface area contributed by atoms with Gasteiger partial charge < -0.3 is 9.14 Å². The van der Waals surface area contributed by atoms with Crippen LogP contribution in [0.25, 0.3) is 16.9 Å². The van der Waals surface area contributed by atoms with E-state index in [1.165, 1.54) is 6.92 Å². The van der Waals surface area contributed by atoms with E-state index in [4.69, 9.17) is 4.74 Å². The van der Waals surface area contributed by atoms with Crippen LogP contribution in [0.3, 0.4) is 0 Å². The highest BCUT2D eigenvalue weighted by atomic mass is 16.5. The van der Waals surface area contributed by atoms with Crippen molar-refractivity contribution in [1.82, 2.24) is 14.4 Å². The molecule has 0 N–H and O–H groups in total. The van der Waals surface area contributed by atoms with E-state index in [1.54, 1.807) is 31.6 Å². The van der Waals surface area contributed by atoms with Crippen LogP contribution in [0, 0.1) is 0 Å². The first kappa shape index (κ1) is 12.3. The molecule has 0 saturated heterocycles. The van der Waals surface area contributed by atoms with Gasteiger partial charge in [0.15, 0.2) is 11.4 Å². The number of carbonyl (C=O) groups is 1. The average Bonchev–Trinajstić information content (AvgIpc) is 2.90. The lowest BCUT2D eigenvalue weighted by molar-refractivity contribution is 0.101. The monoisotopic (exact) mass is 267 g/mol. The summed E-state index contributed by atoms with van der Waals surface area (Å²) in [6, 6.07) is 5.37. The number of rotatable bonds is 3. The summed E-state index contributed by atoms with van der Waals surface area (Å²) in [6.45, 7) is 1.53. The maximum atomic E-state index is 11.4. The number of nitrogens with zero attached hydrogens (tertiary/aromatic N) is 3. The molecule has 0 fully saturated rings. The Hall–Kier alpha value is -2.69. The molecule has 5 nitrogen and oxygen atoms in total. The Balaban J connectivity index is 2.15. The number of hydrogen-bond acceptors (Lipinski definition) is 4. The van der Waals surface area contributed by atoms with E-state index in [2.05, 4.69) is 9.97 Å². The smallest absolute Gasteiger partial charge is 0.159 e. The second kappa shape index (κ2) is 4.77. The normalized spacial score (nSPS) is 10.7. The van der Waals surface area contributed by atoms with Crippen molar-refractivity contribution in [3.63, 3.8) is 0 Å². The molecular formula is C15H13N3O2. The molecule has 0 radical (unpaired) electrons. The predicted octanol–water partition coefficient (Wildman–Crippen LogP) is 2.61. The number of ketones is 1. The summed E-state index contributed by atoms with van der Waals surface area (Å²) < 4.78 is 7.26. The summed E-state index contributed by atoms with van der Waals surface area (Å²) >= 11 is 0. The van der Waals surface area contributed by atoms with E-state index in [0.29, 0.717) is 11.3 Å². The van der Waals surface area contributed by atoms with Crippen molar-refractivity contribution in [2.75, 3.05) is 7.11 Å². The summed E-state index contributed by atoms with van der Waals surface area (Å²) in [7, 11) is 1.58. The molecule has 0 amide bonds. The van der Waals surface area contributed by atoms with Crippen molar-refractivity contribution in [1.29, 1.82) is 0 Å². The van der Waals surface area contributed by atoms with Gasteiger partial charge >= 0.3 is 0 Å². The number of hydrogen-bond donors (Lipinski definition) is 0. The Morgan fingerprint density at radius 2 is 2.20 bits per heavy atom. The summed E-state index contributed by atoms with van der Waals surface area (Å²) in [6.07, 6.45) is 7.14. The van der Waals surface area contributed by atoms with Gasteiger partial charge in [-0.3, -0.25) is 9.78 Å². The van der Waals surface area contributed by atoms with Gasteiger partial charge in [0, 0.05) is 29.7 Å². The molecule has 0 unspecified atom stereocenters. The molecule has 0 aliphatic heterocycles. The van der Waals surface area contributed by atoms with Crippen molar-refractivity contribution in [3.05, 3.63) is 48.5 Å². The van der Waals surface area contributed by atoms with Gasteiger partial charge in [-0.15, -0.1) is 0 Å². The first-order valence-electron chi connectivity index (χ1n) is 6.17. The topological polar surface area (TPSA) is 56.5 Å². The summed E-state index contributed by atoms with van der Waals surface area (Å²) in [5.74, 6) is 0.642. The predicted molar refractivity (Wildman–Crippen MR) is 75.0 cm³/mol. The minimum Gasteiger partial charge on any atom is -0.496 e. The number of ether oxygens (including phenoxy) is 1. The van der Waals surface area contributed by atoms with Crippen molar-refractivity contribution < 1.29 is 9.53 Å². The quantitative estimate of drug-likeness (QED) is 0.684. The molecule has 0 bridgehead atoms. The third-order valence-electron chi connectivity index (χ3n) is 3.15. The highest BCUT2D eigenvalue weighted by molar-refractivity contribution is 5.95. The van der Waals surface area contributed by atoms with Gasteiger partial charge in [-0.1, -0.05) is 6.07 Å². The maximum Gasteiger partial charge on any atom is 0.159 e. The summed E-state index contributed by atoms with van der Waals surface area (Å²) in [5, 5.41) is 0. The standard InChI is InChI=1S/C15H13N3O2/c1-10(19)11-3-4-12(14(7-11)20-2)13-9-18-6-5-16-8-15(18)17-13/h3-9H,1-2H3. The highest BCUT2D eigenvalue weighted by Gasteiger charge is 2.12. The van der Waals surface area contributed by atoms with E-state index in [-0.39, 0.29) is 5.78 Å². The van der Waals surface area contributed by atoms with Crippen molar-refractivity contribution >= 4 is 11.4 Å². The largest absolute Gasteiger partial charge is 0.496 e. The van der Waals surface area contributed by atoms with Crippen LogP contribution in [0.15, 0.2) is 43.0 Å². The Labute approximate surface area is 115 Å². The first-order valence-corrected chi connectivity index (χ1v) is 6.17. The summed E-state index contributed by atoms with van der Waals surface area (Å²) in [5.41, 5.74) is 3.02. The number of carbonyl (C=O) groups excluding carboxylic acids is 1. The molecular weight excluding hydrogens is 254 g/mol. The minimum absolute atomic E-state index is 0.00838. The minimum atomic E-state index is 0.00838. The molecule has 3 rings (SSSR count). The zero-order chi connectivity index (χ0) is 14.1. The molecule has 2 heterocycles. The van der Waals surface area contributed by atoms with Crippen LogP contribution in [-0.4, -0.2) is 27.3 Å². The number of aromatic nitrogens is 3. The van der Waals surface area contributed by atoms with Gasteiger partial charge in [-0.2, -0.15) is 0 Å². The Morgan fingerprint density at radius 1 is 1.35 bits per heavy atom. The number of fused-ring (bicyclic) bond motifs is 1. The molecule has 2 aromatic heterocycles. The Morgan fingerprint density at radius 3 is 2.90 bits per heavy atom. The number of imidazole rings is 1. The van der Waals surface area contributed by atoms with Gasteiger partial charge in [0.25, 0.3) is 0 Å². The lowest BCUT2D eigenvalue weighted by atomic mass is 10.1. The molecule has 0 aliphatic rings. The molecule has 0 atom stereocenters. The fourth-order valence-corrected chi connectivity index (χ4v) is 2.09. The second-order valence-electron chi connectivity index (χ2n) is 4.44. The van der Waals surface area contributed by atoms with Crippen LogP contribution in [0.1, 0.15) is 17.3 Å². The maximum absolute atomic E-state index is 11.4. The fraction of sp³-hybridized carbons (Fsp3) is 0.133. The lowest BCUT2D eigenvalue weighted by Crippen LogP contribution is -1.95. The molecule has 3 aromatic rings. The van der Waals surface area contributed by atoms with E-state index >= 15 is 0 Å². The number of Topliss-reactive ketones (excluding diaryl/α,β-unsaturated/α-hetero) is 1. The average molecular weight is 267 g/mol. The van der Waals surface area contributed by atoms with Gasteiger partial charge in [0.05, 0.1) is 19.0 Å². The van der Waals surface area contributed by atoms with E-state index < -0.39 is 0 Å². The zero-order valence-electron chi connectivity index (χ0n) is 11.2. The zero-order valence-corrected chi connectivity index (χ0v) is 11.2. The molecule has 100 valence electrons. The van der Waals surface area contributed by atoms with Crippen LogP contribution in [0.4, 0.5) is 0 Å². The van der Waals surface area contributed by atoms with Crippen LogP contribution < -0.4 is 4.74 Å². The van der Waals surface area contributed by atoms with Gasteiger partial charge in [0.1, 0.15) is 5.75 Å². The van der Waals surface area contributed by atoms with Crippen LogP contribution in [0.5, 0.6) is 5.75 Å². The van der Waals surface area contributed by atoms with E-state index in [0.717, 1.165) is 16.9 Å². The Bertz CT molecular complexity index is 760.